The molecule has 1 aliphatic carbocycles. The summed E-state index contributed by atoms with van der Waals surface area (Å²) in [6.45, 7) is 2.04. The lowest BCUT2D eigenvalue weighted by molar-refractivity contribution is -0.198. The molecule has 11 nitrogen and oxygen atoms in total. The van der Waals surface area contributed by atoms with Crippen molar-refractivity contribution in [3.8, 4) is 5.88 Å². The first-order valence-corrected chi connectivity index (χ1v) is 17.2. The van der Waals surface area contributed by atoms with Gasteiger partial charge < -0.3 is 30.4 Å². The number of carbonyl (C=O) groups is 2. The van der Waals surface area contributed by atoms with Crippen LogP contribution in [0.25, 0.3) is 11.1 Å². The Morgan fingerprint density at radius 3 is 2.58 bits per heavy atom. The molecule has 1 aromatic heterocycles. The molecule has 0 radical (unpaired) electrons. The molecular formula is C37H39ClF3N5O6. The van der Waals surface area contributed by atoms with Crippen LogP contribution in [0.4, 0.5) is 19.1 Å². The van der Waals surface area contributed by atoms with Crippen molar-refractivity contribution in [1.82, 2.24) is 15.3 Å². The molecule has 0 fully saturated rings. The van der Waals surface area contributed by atoms with E-state index < -0.39 is 36.8 Å². The number of anilines is 1. The number of nitrogen functional groups attached to an aromatic ring is 1. The molecule has 1 unspecified atom stereocenters. The summed E-state index contributed by atoms with van der Waals surface area (Å²) in [6, 6.07) is 13.4. The quantitative estimate of drug-likeness (QED) is 0.0964. The number of esters is 1. The molecule has 52 heavy (non-hydrogen) atoms. The maximum atomic E-state index is 14.6. The van der Waals surface area contributed by atoms with Crippen LogP contribution < -0.4 is 15.8 Å². The van der Waals surface area contributed by atoms with Crippen LogP contribution >= 0.6 is 11.6 Å². The van der Waals surface area contributed by atoms with Gasteiger partial charge in [0.05, 0.1) is 25.5 Å². The van der Waals surface area contributed by atoms with Gasteiger partial charge in [0.1, 0.15) is 18.4 Å². The molecule has 3 atom stereocenters. The highest BCUT2D eigenvalue weighted by molar-refractivity contribution is 6.30. The third kappa shape index (κ3) is 10.3. The number of benzene rings is 2. The van der Waals surface area contributed by atoms with E-state index >= 15 is 0 Å². The SMILES string of the molecule is CCOC(=O)[C@H](CC1CC=C(c2cc(O[C@H](c3ccc(Cl)cc3C3=CCCOC3)C(F)(F)F)nc(N)n2)CC1)/N=C(/NCC(=O)O)c1ccccc1. The van der Waals surface area contributed by atoms with Gasteiger partial charge in [0.2, 0.25) is 17.9 Å². The van der Waals surface area contributed by atoms with E-state index in [2.05, 4.69) is 20.3 Å². The number of nitrogens with one attached hydrogen (secondary N) is 1. The summed E-state index contributed by atoms with van der Waals surface area (Å²) in [6.07, 6.45) is -1.05. The zero-order valence-corrected chi connectivity index (χ0v) is 29.1. The lowest BCUT2D eigenvalue weighted by atomic mass is 9.84. The van der Waals surface area contributed by atoms with Gasteiger partial charge in [0.15, 0.2) is 0 Å². The number of aliphatic imine (C=N–C) groups is 1. The Morgan fingerprint density at radius 1 is 1.13 bits per heavy atom. The van der Waals surface area contributed by atoms with Crippen molar-refractivity contribution in [3.63, 3.8) is 0 Å². The second-order valence-electron chi connectivity index (χ2n) is 12.3. The molecule has 0 saturated heterocycles. The number of amidine groups is 1. The summed E-state index contributed by atoms with van der Waals surface area (Å²) in [5.41, 5.74) is 8.38. The number of carboxylic acid groups (broad SMARTS) is 1. The van der Waals surface area contributed by atoms with Gasteiger partial charge in [0.25, 0.3) is 0 Å². The molecule has 4 N–H and O–H groups in total. The van der Waals surface area contributed by atoms with Crippen LogP contribution in [-0.2, 0) is 19.1 Å². The number of carbonyl (C=O) groups excluding carboxylic acids is 1. The smallest absolute Gasteiger partial charge is 0.429 e. The van der Waals surface area contributed by atoms with Crippen molar-refractivity contribution in [2.24, 2.45) is 10.9 Å². The van der Waals surface area contributed by atoms with Crippen molar-refractivity contribution in [2.45, 2.75) is 57.3 Å². The van der Waals surface area contributed by atoms with Crippen LogP contribution in [-0.4, -0.2) is 71.4 Å². The van der Waals surface area contributed by atoms with E-state index in [1.54, 1.807) is 31.2 Å². The number of allylic oxidation sites excluding steroid dienone is 2. The van der Waals surface area contributed by atoms with E-state index in [0.717, 1.165) is 5.57 Å². The largest absolute Gasteiger partial charge is 0.480 e. The van der Waals surface area contributed by atoms with Crippen LogP contribution in [0.15, 0.2) is 71.7 Å². The molecule has 276 valence electrons. The monoisotopic (exact) mass is 741 g/mol. The average Bonchev–Trinajstić information content (AvgIpc) is 3.12. The zero-order chi connectivity index (χ0) is 37.3. The van der Waals surface area contributed by atoms with Crippen LogP contribution in [0, 0.1) is 5.92 Å². The summed E-state index contributed by atoms with van der Waals surface area (Å²) in [5.74, 6) is -2.00. The predicted octanol–water partition coefficient (Wildman–Crippen LogP) is 6.82. The zero-order valence-electron chi connectivity index (χ0n) is 28.4. The van der Waals surface area contributed by atoms with Crippen LogP contribution in [0.3, 0.4) is 0 Å². The minimum absolute atomic E-state index is 0.0238. The van der Waals surface area contributed by atoms with Gasteiger partial charge in [-0.3, -0.25) is 9.79 Å². The highest BCUT2D eigenvalue weighted by Crippen LogP contribution is 2.41. The standard InChI is InChI=1S/C37H39ClF3N5O6/c1-2-51-35(49)30(44-34(43-20-32(47)48)24-7-4-3-5-8-24)17-22-10-12-23(13-11-22)29-19-31(46-36(42)45-29)52-33(37(39,40)41)27-15-14-26(38)18-28(27)25-9-6-16-50-21-25/h3-5,7-9,12,14-15,18-19,22,30,33H,2,6,10-11,13,16-17,20-21H2,1H3,(H,43,44)(H,47,48)(H2,42,45,46)/t22?,30-,33+/m0/s1. The maximum Gasteiger partial charge on any atom is 0.429 e. The van der Waals surface area contributed by atoms with E-state index in [0.29, 0.717) is 55.5 Å². The predicted molar refractivity (Wildman–Crippen MR) is 190 cm³/mol. The molecule has 1 aliphatic heterocycles. The number of rotatable bonds is 13. The van der Waals surface area contributed by atoms with Gasteiger partial charge in [-0.15, -0.1) is 0 Å². The van der Waals surface area contributed by atoms with Gasteiger partial charge in [-0.2, -0.15) is 18.2 Å². The minimum atomic E-state index is -4.82. The highest BCUT2D eigenvalue weighted by Gasteiger charge is 2.45. The van der Waals surface area contributed by atoms with E-state index in [1.807, 2.05) is 18.2 Å². The molecular weight excluding hydrogens is 703 g/mol. The molecule has 0 bridgehead atoms. The Morgan fingerprint density at radius 2 is 1.92 bits per heavy atom. The van der Waals surface area contributed by atoms with Gasteiger partial charge in [-0.05, 0) is 73.8 Å². The Labute approximate surface area is 303 Å². The van der Waals surface area contributed by atoms with E-state index in [1.165, 1.54) is 24.3 Å². The summed E-state index contributed by atoms with van der Waals surface area (Å²) in [5, 5.41) is 12.3. The lowest BCUT2D eigenvalue weighted by Gasteiger charge is -2.26. The molecule has 2 aliphatic rings. The normalized spacial score (nSPS) is 17.7. The van der Waals surface area contributed by atoms with Crippen molar-refractivity contribution >= 4 is 46.5 Å². The van der Waals surface area contributed by atoms with Gasteiger partial charge in [-0.25, -0.2) is 9.78 Å². The number of hydrogen-bond donors (Lipinski definition) is 3. The molecule has 0 amide bonds. The number of nitrogens with two attached hydrogens (primary N) is 1. The average molecular weight is 742 g/mol. The second kappa shape index (κ2) is 17.5. The molecule has 2 aromatic carbocycles. The second-order valence-corrected chi connectivity index (χ2v) is 12.7. The molecule has 2 heterocycles. The Kier molecular flexibility index (Phi) is 12.9. The van der Waals surface area contributed by atoms with Gasteiger partial charge >= 0.3 is 18.1 Å². The minimum Gasteiger partial charge on any atom is -0.480 e. The summed E-state index contributed by atoms with van der Waals surface area (Å²) in [7, 11) is 0. The van der Waals surface area contributed by atoms with Gasteiger partial charge in [-0.1, -0.05) is 60.2 Å². The summed E-state index contributed by atoms with van der Waals surface area (Å²) in [4.78, 5) is 37.2. The summed E-state index contributed by atoms with van der Waals surface area (Å²) < 4.78 is 60.3. The Balaban J connectivity index is 1.37. The topological polar surface area (TPSA) is 158 Å². The first-order chi connectivity index (χ1) is 24.9. The lowest BCUT2D eigenvalue weighted by Crippen LogP contribution is -2.34. The number of halogens is 4. The first kappa shape index (κ1) is 38.3. The number of aliphatic carboxylic acids is 1. The molecule has 15 heteroatoms. The number of ether oxygens (including phenoxy) is 3. The van der Waals surface area contributed by atoms with E-state index in [-0.39, 0.29) is 52.9 Å². The van der Waals surface area contributed by atoms with Crippen molar-refractivity contribution < 1.29 is 42.1 Å². The van der Waals surface area contributed by atoms with Crippen molar-refractivity contribution in [2.75, 3.05) is 32.1 Å². The highest BCUT2D eigenvalue weighted by atomic mass is 35.5. The third-order valence-corrected chi connectivity index (χ3v) is 8.75. The maximum absolute atomic E-state index is 14.6. The van der Waals surface area contributed by atoms with Gasteiger partial charge in [0, 0.05) is 22.2 Å². The van der Waals surface area contributed by atoms with Crippen LogP contribution in [0.2, 0.25) is 5.02 Å². The fourth-order valence-corrected chi connectivity index (χ4v) is 6.27. The number of nitrogens with zero attached hydrogens (tertiary/aromatic N) is 3. The van der Waals surface area contributed by atoms with E-state index in [4.69, 9.17) is 31.5 Å². The van der Waals surface area contributed by atoms with Crippen molar-refractivity contribution in [1.29, 1.82) is 0 Å². The first-order valence-electron chi connectivity index (χ1n) is 16.8. The van der Waals surface area contributed by atoms with Crippen molar-refractivity contribution in [3.05, 3.63) is 94.2 Å². The number of alkyl halides is 3. The Hall–Kier alpha value is -4.95. The summed E-state index contributed by atoms with van der Waals surface area (Å²) >= 11 is 6.20. The number of aromatic nitrogens is 2. The Bertz CT molecular complexity index is 1840. The van der Waals surface area contributed by atoms with Crippen LogP contribution in [0.1, 0.15) is 67.5 Å². The number of carboxylic acids is 1. The molecule has 0 spiro atoms. The fraction of sp³-hybridized carbons (Fsp3) is 0.378. The third-order valence-electron chi connectivity index (χ3n) is 8.51. The fourth-order valence-electron chi connectivity index (χ4n) is 6.10. The molecule has 0 saturated carbocycles. The van der Waals surface area contributed by atoms with Crippen LogP contribution in [0.5, 0.6) is 5.88 Å². The number of hydrogen-bond acceptors (Lipinski definition) is 9. The molecule has 3 aromatic rings. The molecule has 5 rings (SSSR count). The van der Waals surface area contributed by atoms with E-state index in [9.17, 15) is 27.9 Å².